The Morgan fingerprint density at radius 2 is 2.09 bits per heavy atom. The average molecular weight is 152 g/mol. The summed E-state index contributed by atoms with van der Waals surface area (Å²) >= 11 is 0. The van der Waals surface area contributed by atoms with Crippen LogP contribution < -0.4 is 5.32 Å². The fourth-order valence-corrected chi connectivity index (χ4v) is 0.697. The number of nitrogens with one attached hydrogen (secondary N) is 1. The van der Waals surface area contributed by atoms with Crippen molar-refractivity contribution in [2.24, 2.45) is 5.92 Å². The molecule has 2 heteroatoms. The molecule has 62 valence electrons. The van der Waals surface area contributed by atoms with Crippen LogP contribution in [0.2, 0.25) is 0 Å². The van der Waals surface area contributed by atoms with Crippen LogP contribution in [0.1, 0.15) is 20.8 Å². The van der Waals surface area contributed by atoms with Crippen molar-refractivity contribution < 1.29 is 0 Å². The van der Waals surface area contributed by atoms with Crippen LogP contribution in [0.4, 0.5) is 0 Å². The molecule has 0 aliphatic rings. The van der Waals surface area contributed by atoms with Crippen molar-refractivity contribution >= 4 is 0 Å². The summed E-state index contributed by atoms with van der Waals surface area (Å²) in [4.78, 5) is 0. The van der Waals surface area contributed by atoms with E-state index in [1.807, 2.05) is 12.1 Å². The zero-order valence-electron chi connectivity index (χ0n) is 7.46. The van der Waals surface area contributed by atoms with Gasteiger partial charge in [0, 0.05) is 18.7 Å². The van der Waals surface area contributed by atoms with E-state index in [1.54, 1.807) is 0 Å². The second-order valence-electron chi connectivity index (χ2n) is 3.03. The molecule has 1 unspecified atom stereocenters. The molecule has 0 aromatic heterocycles. The maximum absolute atomic E-state index is 8.24. The van der Waals surface area contributed by atoms with Gasteiger partial charge in [0.15, 0.2) is 0 Å². The normalized spacial score (nSPS) is 13.7. The molecule has 0 rings (SSSR count). The predicted octanol–water partition coefficient (Wildman–Crippen LogP) is 1.70. The van der Waals surface area contributed by atoms with E-state index in [0.29, 0.717) is 12.0 Å². The smallest absolute Gasteiger partial charge is 0.0908 e. The highest BCUT2D eigenvalue weighted by atomic mass is 14.9. The van der Waals surface area contributed by atoms with Gasteiger partial charge in [-0.25, -0.2) is 0 Å². The molecule has 11 heavy (non-hydrogen) atoms. The number of nitrogens with zero attached hydrogens (tertiary/aromatic N) is 1. The molecule has 0 amide bonds. The predicted molar refractivity (Wildman–Crippen MR) is 47.1 cm³/mol. The van der Waals surface area contributed by atoms with E-state index in [9.17, 15) is 0 Å². The summed E-state index contributed by atoms with van der Waals surface area (Å²) in [5.74, 6) is 0.442. The average Bonchev–Trinajstić information content (AvgIpc) is 1.97. The molecule has 0 aromatic carbocycles. The lowest BCUT2D eigenvalue weighted by Crippen LogP contribution is -2.27. The second kappa shape index (κ2) is 5.94. The van der Waals surface area contributed by atoms with E-state index in [0.717, 1.165) is 6.54 Å². The van der Waals surface area contributed by atoms with E-state index in [1.165, 1.54) is 6.08 Å². The Morgan fingerprint density at radius 1 is 1.45 bits per heavy atom. The third kappa shape index (κ3) is 7.08. The fourth-order valence-electron chi connectivity index (χ4n) is 0.697. The van der Waals surface area contributed by atoms with Crippen molar-refractivity contribution in [3.8, 4) is 6.07 Å². The Bertz CT molecular complexity index is 153. The van der Waals surface area contributed by atoms with Crippen LogP contribution >= 0.6 is 0 Å². The number of hydrogen-bond acceptors (Lipinski definition) is 2. The van der Waals surface area contributed by atoms with Gasteiger partial charge >= 0.3 is 0 Å². The maximum Gasteiger partial charge on any atom is 0.0908 e. The van der Waals surface area contributed by atoms with Crippen molar-refractivity contribution in [3.63, 3.8) is 0 Å². The summed E-state index contributed by atoms with van der Waals surface area (Å²) in [7, 11) is 0. The standard InChI is InChI=1S/C9H16N2/c1-8(2)11-7-9(3)5-4-6-10/h4-5,8-9,11H,7H2,1-3H3. The number of rotatable bonds is 4. The largest absolute Gasteiger partial charge is 0.314 e. The van der Waals surface area contributed by atoms with Gasteiger partial charge in [-0.3, -0.25) is 0 Å². The third-order valence-electron chi connectivity index (χ3n) is 1.35. The molecule has 1 atom stereocenters. The number of nitriles is 1. The van der Waals surface area contributed by atoms with Crippen LogP contribution in [0.15, 0.2) is 12.2 Å². The van der Waals surface area contributed by atoms with Gasteiger partial charge < -0.3 is 5.32 Å². The lowest BCUT2D eigenvalue weighted by molar-refractivity contribution is 0.533. The van der Waals surface area contributed by atoms with Crippen LogP contribution in [0.25, 0.3) is 0 Å². The Kier molecular flexibility index (Phi) is 5.50. The van der Waals surface area contributed by atoms with Gasteiger partial charge in [-0.1, -0.05) is 26.8 Å². The molecule has 0 spiro atoms. The van der Waals surface area contributed by atoms with E-state index in [4.69, 9.17) is 5.26 Å². The van der Waals surface area contributed by atoms with E-state index in [-0.39, 0.29) is 0 Å². The summed E-state index contributed by atoms with van der Waals surface area (Å²) in [5, 5.41) is 11.5. The minimum Gasteiger partial charge on any atom is -0.314 e. The van der Waals surface area contributed by atoms with E-state index >= 15 is 0 Å². The lowest BCUT2D eigenvalue weighted by atomic mass is 10.1. The van der Waals surface area contributed by atoms with Crippen molar-refractivity contribution in [2.45, 2.75) is 26.8 Å². The van der Waals surface area contributed by atoms with Gasteiger partial charge in [-0.2, -0.15) is 5.26 Å². The molecule has 0 aliphatic heterocycles. The Morgan fingerprint density at radius 3 is 2.55 bits per heavy atom. The maximum atomic E-state index is 8.24. The minimum atomic E-state index is 0.442. The first-order chi connectivity index (χ1) is 5.16. The van der Waals surface area contributed by atoms with Crippen molar-refractivity contribution in [1.82, 2.24) is 5.32 Å². The molecule has 0 aliphatic carbocycles. The Balaban J connectivity index is 3.46. The highest BCUT2D eigenvalue weighted by Crippen LogP contribution is 1.94. The fraction of sp³-hybridized carbons (Fsp3) is 0.667. The lowest BCUT2D eigenvalue weighted by Gasteiger charge is -2.10. The zero-order chi connectivity index (χ0) is 8.69. The zero-order valence-corrected chi connectivity index (χ0v) is 7.46. The SMILES string of the molecule is CC(C=CC#N)CNC(C)C. The molecule has 0 heterocycles. The summed E-state index contributed by atoms with van der Waals surface area (Å²) in [6.45, 7) is 7.25. The summed E-state index contributed by atoms with van der Waals surface area (Å²) < 4.78 is 0. The Labute approximate surface area is 68.9 Å². The molecule has 0 saturated carbocycles. The van der Waals surface area contributed by atoms with Gasteiger partial charge in [-0.15, -0.1) is 0 Å². The van der Waals surface area contributed by atoms with Gasteiger partial charge in [-0.05, 0) is 5.92 Å². The highest BCUT2D eigenvalue weighted by Gasteiger charge is 1.96. The van der Waals surface area contributed by atoms with Crippen LogP contribution in [0.5, 0.6) is 0 Å². The highest BCUT2D eigenvalue weighted by molar-refractivity contribution is 5.03. The molecule has 0 radical (unpaired) electrons. The molecule has 0 fully saturated rings. The third-order valence-corrected chi connectivity index (χ3v) is 1.35. The first-order valence-electron chi connectivity index (χ1n) is 3.96. The van der Waals surface area contributed by atoms with Gasteiger partial charge in [0.05, 0.1) is 6.07 Å². The summed E-state index contributed by atoms with van der Waals surface area (Å²) in [6.07, 6.45) is 3.45. The molecular weight excluding hydrogens is 136 g/mol. The monoisotopic (exact) mass is 152 g/mol. The van der Waals surface area contributed by atoms with Crippen molar-refractivity contribution in [2.75, 3.05) is 6.54 Å². The minimum absolute atomic E-state index is 0.442. The van der Waals surface area contributed by atoms with Gasteiger partial charge in [0.1, 0.15) is 0 Å². The first kappa shape index (κ1) is 10.2. The number of allylic oxidation sites excluding steroid dienone is 1. The quantitative estimate of drug-likeness (QED) is 0.622. The summed E-state index contributed by atoms with van der Waals surface area (Å²) in [5.41, 5.74) is 0. The van der Waals surface area contributed by atoms with Gasteiger partial charge in [0.25, 0.3) is 0 Å². The first-order valence-corrected chi connectivity index (χ1v) is 3.96. The molecular formula is C9H16N2. The molecule has 0 saturated heterocycles. The molecule has 0 bridgehead atoms. The number of hydrogen-bond donors (Lipinski definition) is 1. The molecule has 1 N–H and O–H groups in total. The van der Waals surface area contributed by atoms with E-state index in [2.05, 4.69) is 26.1 Å². The van der Waals surface area contributed by atoms with Crippen LogP contribution in [-0.4, -0.2) is 12.6 Å². The van der Waals surface area contributed by atoms with Crippen molar-refractivity contribution in [3.05, 3.63) is 12.2 Å². The van der Waals surface area contributed by atoms with Crippen LogP contribution in [0.3, 0.4) is 0 Å². The van der Waals surface area contributed by atoms with Crippen molar-refractivity contribution in [1.29, 1.82) is 5.26 Å². The van der Waals surface area contributed by atoms with Crippen LogP contribution in [0, 0.1) is 17.2 Å². The van der Waals surface area contributed by atoms with E-state index < -0.39 is 0 Å². The van der Waals surface area contributed by atoms with Gasteiger partial charge in [0.2, 0.25) is 0 Å². The Hall–Kier alpha value is -0.810. The molecule has 2 nitrogen and oxygen atoms in total. The second-order valence-corrected chi connectivity index (χ2v) is 3.03. The van der Waals surface area contributed by atoms with Crippen LogP contribution in [-0.2, 0) is 0 Å². The molecule has 0 aromatic rings. The topological polar surface area (TPSA) is 35.8 Å². The summed E-state index contributed by atoms with van der Waals surface area (Å²) in [6, 6.07) is 2.50.